The van der Waals surface area contributed by atoms with E-state index in [2.05, 4.69) is 5.10 Å². The molecule has 2 aliphatic rings. The van der Waals surface area contributed by atoms with Crippen molar-refractivity contribution < 1.29 is 23.0 Å². The van der Waals surface area contributed by atoms with Crippen LogP contribution in [0.4, 0.5) is 18.9 Å². The highest BCUT2D eigenvalue weighted by Gasteiger charge is 2.57. The number of nitriles is 1. The molecule has 0 radical (unpaired) electrons. The van der Waals surface area contributed by atoms with E-state index in [0.29, 0.717) is 11.3 Å². The molecule has 0 unspecified atom stereocenters. The molecule has 0 aliphatic carbocycles. The predicted octanol–water partition coefficient (Wildman–Crippen LogP) is 3.58. The molecular weight excluding hydrogens is 385 g/mol. The van der Waals surface area contributed by atoms with Crippen LogP contribution in [0.1, 0.15) is 11.5 Å². The zero-order valence-electron chi connectivity index (χ0n) is 14.8. The van der Waals surface area contributed by atoms with E-state index >= 15 is 0 Å². The van der Waals surface area contributed by atoms with E-state index in [4.69, 9.17) is 10.5 Å². The smallest absolute Gasteiger partial charge is 0.431 e. The number of phenols is 1. The van der Waals surface area contributed by atoms with E-state index < -0.39 is 30.0 Å². The van der Waals surface area contributed by atoms with Gasteiger partial charge in [-0.3, -0.25) is 0 Å². The number of hydrogen-bond acceptors (Lipinski definition) is 6. The van der Waals surface area contributed by atoms with Gasteiger partial charge in [0.2, 0.25) is 12.1 Å². The fourth-order valence-corrected chi connectivity index (χ4v) is 3.71. The van der Waals surface area contributed by atoms with Gasteiger partial charge in [-0.05, 0) is 29.8 Å². The number of phenolic OH excluding ortho intramolecular Hbond substituents is 1. The lowest BCUT2D eigenvalue weighted by atomic mass is 9.76. The third-order valence-corrected chi connectivity index (χ3v) is 4.95. The fourth-order valence-electron chi connectivity index (χ4n) is 3.71. The van der Waals surface area contributed by atoms with Gasteiger partial charge >= 0.3 is 6.18 Å². The predicted molar refractivity (Wildman–Crippen MR) is 98.4 cm³/mol. The summed E-state index contributed by atoms with van der Waals surface area (Å²) in [6.45, 7) is 0. The first-order valence-corrected chi connectivity index (χ1v) is 8.66. The number of hydrogen-bond donors (Lipinski definition) is 2. The van der Waals surface area contributed by atoms with Gasteiger partial charge in [0.15, 0.2) is 5.71 Å². The van der Waals surface area contributed by atoms with E-state index in [1.54, 1.807) is 30.3 Å². The van der Waals surface area contributed by atoms with Gasteiger partial charge in [0.1, 0.15) is 11.8 Å². The monoisotopic (exact) mass is 400 g/mol. The summed E-state index contributed by atoms with van der Waals surface area (Å²) in [5.41, 5.74) is 5.56. The van der Waals surface area contributed by atoms with Crippen molar-refractivity contribution in [1.82, 2.24) is 0 Å². The van der Waals surface area contributed by atoms with Crippen LogP contribution in [-0.2, 0) is 4.74 Å². The second-order valence-electron chi connectivity index (χ2n) is 6.66. The number of nitrogens with zero attached hydrogens (tertiary/aromatic N) is 3. The Bertz CT molecular complexity index is 1030. The molecule has 2 aromatic rings. The Labute approximate surface area is 163 Å². The van der Waals surface area contributed by atoms with Gasteiger partial charge in [0, 0.05) is 5.92 Å². The number of nitrogens with two attached hydrogens (primary N) is 1. The Balaban J connectivity index is 1.90. The van der Waals surface area contributed by atoms with Gasteiger partial charge in [-0.2, -0.15) is 23.5 Å². The van der Waals surface area contributed by atoms with Crippen molar-refractivity contribution in [3.63, 3.8) is 0 Å². The molecule has 6 nitrogen and oxygen atoms in total. The van der Waals surface area contributed by atoms with Gasteiger partial charge in [-0.25, -0.2) is 5.01 Å². The van der Waals surface area contributed by atoms with Gasteiger partial charge in [-0.1, -0.05) is 30.3 Å². The first-order chi connectivity index (χ1) is 13.8. The Morgan fingerprint density at radius 3 is 2.34 bits per heavy atom. The third kappa shape index (κ3) is 3.12. The third-order valence-electron chi connectivity index (χ3n) is 4.95. The Morgan fingerprint density at radius 1 is 1.10 bits per heavy atom. The van der Waals surface area contributed by atoms with Crippen LogP contribution in [0.2, 0.25) is 0 Å². The minimum Gasteiger partial charge on any atom is -0.508 e. The number of anilines is 1. The van der Waals surface area contributed by atoms with Crippen LogP contribution in [0.25, 0.3) is 0 Å². The summed E-state index contributed by atoms with van der Waals surface area (Å²) in [7, 11) is 0. The molecule has 4 rings (SSSR count). The summed E-state index contributed by atoms with van der Waals surface area (Å²) in [6.07, 6.45) is -5.91. The average Bonchev–Trinajstić information content (AvgIpc) is 3.08. The molecule has 148 valence electrons. The van der Waals surface area contributed by atoms with Crippen LogP contribution < -0.4 is 10.7 Å². The van der Waals surface area contributed by atoms with Gasteiger partial charge in [0.05, 0.1) is 17.2 Å². The van der Waals surface area contributed by atoms with E-state index in [-0.39, 0.29) is 17.2 Å². The number of alkyl halides is 3. The minimum absolute atomic E-state index is 0.0464. The number of fused-ring (bicyclic) bond motifs is 1. The fraction of sp³-hybridized carbons (Fsp3) is 0.200. The Hall–Kier alpha value is -3.67. The number of ether oxygens (including phenoxy) is 1. The quantitative estimate of drug-likeness (QED) is 0.804. The highest BCUT2D eigenvalue weighted by atomic mass is 19.4. The van der Waals surface area contributed by atoms with Crippen LogP contribution in [-0.4, -0.2) is 23.2 Å². The molecular formula is C20H15F3N4O2. The Morgan fingerprint density at radius 2 is 1.76 bits per heavy atom. The van der Waals surface area contributed by atoms with Crippen molar-refractivity contribution in [2.75, 3.05) is 5.01 Å². The molecule has 0 saturated heterocycles. The summed E-state index contributed by atoms with van der Waals surface area (Å²) in [5.74, 6) is -2.64. The maximum Gasteiger partial charge on any atom is 0.431 e. The van der Waals surface area contributed by atoms with Crippen molar-refractivity contribution in [3.05, 3.63) is 71.6 Å². The summed E-state index contributed by atoms with van der Waals surface area (Å²) in [5, 5.41) is 24.1. The van der Waals surface area contributed by atoms with Gasteiger partial charge < -0.3 is 15.6 Å². The maximum absolute atomic E-state index is 13.9. The topological polar surface area (TPSA) is 94.9 Å². The lowest BCUT2D eigenvalue weighted by Gasteiger charge is -2.37. The van der Waals surface area contributed by atoms with Crippen LogP contribution in [0, 0.1) is 17.2 Å². The SMILES string of the molecule is N#CC1=C(N)O[C@H]2[C@H](C(C(F)(F)F)=NN2c2ccccc2)[C@@H]1c1ccc(O)cc1. The molecule has 0 saturated carbocycles. The zero-order valence-corrected chi connectivity index (χ0v) is 14.8. The number of allylic oxidation sites excluding steroid dienone is 1. The van der Waals surface area contributed by atoms with Gasteiger partial charge in [0.25, 0.3) is 0 Å². The second kappa shape index (κ2) is 6.74. The van der Waals surface area contributed by atoms with Crippen molar-refractivity contribution in [2.45, 2.75) is 18.3 Å². The number of para-hydroxylation sites is 1. The average molecular weight is 400 g/mol. The normalized spacial score (nSPS) is 23.9. The summed E-state index contributed by atoms with van der Waals surface area (Å²) >= 11 is 0. The van der Waals surface area contributed by atoms with E-state index in [0.717, 1.165) is 5.01 Å². The lowest BCUT2D eigenvalue weighted by molar-refractivity contribution is -0.0658. The van der Waals surface area contributed by atoms with Crippen molar-refractivity contribution >= 4 is 11.4 Å². The second-order valence-corrected chi connectivity index (χ2v) is 6.66. The molecule has 3 atom stereocenters. The molecule has 0 aromatic heterocycles. The largest absolute Gasteiger partial charge is 0.508 e. The summed E-state index contributed by atoms with van der Waals surface area (Å²) in [4.78, 5) is 0. The van der Waals surface area contributed by atoms with E-state index in [1.165, 1.54) is 24.3 Å². The molecule has 29 heavy (non-hydrogen) atoms. The van der Waals surface area contributed by atoms with Crippen LogP contribution >= 0.6 is 0 Å². The molecule has 0 amide bonds. The molecule has 0 bridgehead atoms. The highest BCUT2D eigenvalue weighted by Crippen LogP contribution is 2.48. The summed E-state index contributed by atoms with van der Waals surface area (Å²) < 4.78 is 47.3. The number of rotatable bonds is 2. The number of halogens is 3. The first-order valence-electron chi connectivity index (χ1n) is 8.66. The molecule has 2 aromatic carbocycles. The van der Waals surface area contributed by atoms with Crippen molar-refractivity contribution in [3.8, 4) is 11.8 Å². The van der Waals surface area contributed by atoms with Crippen molar-refractivity contribution in [1.29, 1.82) is 5.26 Å². The molecule has 2 heterocycles. The van der Waals surface area contributed by atoms with Crippen molar-refractivity contribution in [2.24, 2.45) is 16.8 Å². The highest BCUT2D eigenvalue weighted by molar-refractivity contribution is 5.96. The molecule has 2 aliphatic heterocycles. The molecule has 9 heteroatoms. The van der Waals surface area contributed by atoms with E-state index in [9.17, 15) is 23.5 Å². The van der Waals surface area contributed by atoms with Crippen LogP contribution in [0.5, 0.6) is 5.75 Å². The molecule has 0 fully saturated rings. The first kappa shape index (κ1) is 18.7. The molecule has 0 spiro atoms. The van der Waals surface area contributed by atoms with E-state index in [1.807, 2.05) is 6.07 Å². The van der Waals surface area contributed by atoms with Crippen LogP contribution in [0.3, 0.4) is 0 Å². The maximum atomic E-state index is 13.9. The van der Waals surface area contributed by atoms with Crippen LogP contribution in [0.15, 0.2) is 71.2 Å². The number of aromatic hydroxyl groups is 1. The zero-order chi connectivity index (χ0) is 20.8. The molecule has 3 N–H and O–H groups in total. The Kier molecular flexibility index (Phi) is 4.34. The minimum atomic E-state index is -4.74. The standard InChI is InChI=1S/C20H15F3N4O2/c21-20(22,23)17-16-15(11-6-8-13(28)9-7-11)14(10-24)18(25)29-19(16)27(26-17)12-4-2-1-3-5-12/h1-9,15-16,19,28H,25H2/t15-,16+,19+/m1/s1. The number of hydrazone groups is 1. The summed E-state index contributed by atoms with van der Waals surface area (Å²) in [6, 6.07) is 15.8. The number of benzene rings is 2. The lowest BCUT2D eigenvalue weighted by Crippen LogP contribution is -2.46. The van der Waals surface area contributed by atoms with Gasteiger partial charge in [-0.15, -0.1) is 0 Å².